The van der Waals surface area contributed by atoms with Gasteiger partial charge in [-0.1, -0.05) is 36.8 Å². The van der Waals surface area contributed by atoms with Crippen molar-refractivity contribution in [2.45, 2.75) is 65.4 Å². The van der Waals surface area contributed by atoms with E-state index in [1.807, 2.05) is 30.3 Å². The molecule has 0 bridgehead atoms. The Labute approximate surface area is 151 Å². The van der Waals surface area contributed by atoms with Gasteiger partial charge in [0.25, 0.3) is 0 Å². The molecule has 0 aliphatic heterocycles. The van der Waals surface area contributed by atoms with Gasteiger partial charge in [-0.25, -0.2) is 4.79 Å². The fraction of sp³-hybridized carbons (Fsp3) is 0.591. The van der Waals surface area contributed by atoms with Crippen molar-refractivity contribution < 1.29 is 9.53 Å². The normalized spacial score (nSPS) is 29.4. The van der Waals surface area contributed by atoms with E-state index >= 15 is 0 Å². The molecular formula is C22H31NO2. The molecular weight excluding hydrogens is 310 g/mol. The maximum atomic E-state index is 12.3. The van der Waals surface area contributed by atoms with E-state index in [0.29, 0.717) is 11.3 Å². The Hall–Kier alpha value is -1.77. The molecule has 1 fully saturated rings. The first-order valence-electron chi connectivity index (χ1n) is 9.56. The van der Waals surface area contributed by atoms with Crippen LogP contribution in [0.4, 0.5) is 10.5 Å². The fourth-order valence-electron chi connectivity index (χ4n) is 4.88. The highest BCUT2D eigenvalue weighted by Gasteiger charge is 2.50. The molecule has 1 amide bonds. The molecule has 3 heteroatoms. The molecule has 1 aromatic rings. The molecule has 3 rings (SSSR count). The molecule has 1 aromatic carbocycles. The zero-order valence-corrected chi connectivity index (χ0v) is 16.0. The number of ether oxygens (including phenoxy) is 1. The summed E-state index contributed by atoms with van der Waals surface area (Å²) in [6, 6.07) is 9.48. The van der Waals surface area contributed by atoms with Gasteiger partial charge in [-0.2, -0.15) is 0 Å². The third-order valence-electron chi connectivity index (χ3n) is 6.69. The van der Waals surface area contributed by atoms with Gasteiger partial charge in [-0.15, -0.1) is 0 Å². The van der Waals surface area contributed by atoms with Gasteiger partial charge in [0.05, 0.1) is 0 Å². The fourth-order valence-corrected chi connectivity index (χ4v) is 4.88. The van der Waals surface area contributed by atoms with Crippen molar-refractivity contribution in [3.8, 4) is 0 Å². The summed E-state index contributed by atoms with van der Waals surface area (Å²) in [5.41, 5.74) is 2.18. The van der Waals surface area contributed by atoms with E-state index in [1.165, 1.54) is 19.3 Å². The van der Waals surface area contributed by atoms with Crippen molar-refractivity contribution in [1.29, 1.82) is 0 Å². The first-order chi connectivity index (χ1) is 11.8. The number of anilines is 1. The summed E-state index contributed by atoms with van der Waals surface area (Å²) in [7, 11) is 0. The van der Waals surface area contributed by atoms with Gasteiger partial charge in [0, 0.05) is 5.69 Å². The lowest BCUT2D eigenvalue weighted by Crippen LogP contribution is -2.39. The monoisotopic (exact) mass is 341 g/mol. The lowest BCUT2D eigenvalue weighted by molar-refractivity contribution is -0.00192. The summed E-state index contributed by atoms with van der Waals surface area (Å²) in [4.78, 5) is 12.3. The summed E-state index contributed by atoms with van der Waals surface area (Å²) >= 11 is 0. The van der Waals surface area contributed by atoms with E-state index in [0.717, 1.165) is 24.4 Å². The number of hydrogen-bond donors (Lipinski definition) is 1. The Morgan fingerprint density at radius 3 is 2.64 bits per heavy atom. The van der Waals surface area contributed by atoms with E-state index in [2.05, 4.69) is 39.1 Å². The van der Waals surface area contributed by atoms with Crippen LogP contribution in [0.2, 0.25) is 0 Å². The van der Waals surface area contributed by atoms with E-state index in [1.54, 1.807) is 5.57 Å². The molecule has 1 saturated carbocycles. The second-order valence-corrected chi connectivity index (χ2v) is 8.45. The summed E-state index contributed by atoms with van der Waals surface area (Å²) < 4.78 is 5.86. The average molecular weight is 341 g/mol. The smallest absolute Gasteiger partial charge is 0.412 e. The SMILES string of the molecule is CC1=CCC[C@H](C)[C@@]12CC[C@@H](C(C)(C)OC(=O)Nc1ccccc1)C2. The third-order valence-corrected chi connectivity index (χ3v) is 6.69. The predicted molar refractivity (Wildman–Crippen MR) is 103 cm³/mol. The van der Waals surface area contributed by atoms with Crippen molar-refractivity contribution in [2.75, 3.05) is 5.32 Å². The van der Waals surface area contributed by atoms with Crippen LogP contribution in [0.1, 0.15) is 59.8 Å². The Kier molecular flexibility index (Phi) is 4.95. The van der Waals surface area contributed by atoms with Gasteiger partial charge in [0.15, 0.2) is 0 Å². The first kappa shape index (κ1) is 18.0. The molecule has 2 aliphatic carbocycles. The van der Waals surface area contributed by atoms with Crippen molar-refractivity contribution in [3.63, 3.8) is 0 Å². The number of carbonyl (C=O) groups excluding carboxylic acids is 1. The molecule has 2 aliphatic rings. The van der Waals surface area contributed by atoms with Gasteiger partial charge >= 0.3 is 6.09 Å². The minimum Gasteiger partial charge on any atom is -0.443 e. The Morgan fingerprint density at radius 2 is 1.96 bits per heavy atom. The first-order valence-corrected chi connectivity index (χ1v) is 9.56. The highest BCUT2D eigenvalue weighted by Crippen LogP contribution is 2.57. The maximum Gasteiger partial charge on any atom is 0.412 e. The maximum absolute atomic E-state index is 12.3. The number of para-hydroxylation sites is 1. The molecule has 3 nitrogen and oxygen atoms in total. The summed E-state index contributed by atoms with van der Waals surface area (Å²) in [5.74, 6) is 1.12. The molecule has 0 unspecified atom stereocenters. The second kappa shape index (κ2) is 6.86. The van der Waals surface area contributed by atoms with Gasteiger partial charge in [-0.05, 0) is 82.3 Å². The van der Waals surface area contributed by atoms with Crippen molar-refractivity contribution in [3.05, 3.63) is 42.0 Å². The van der Waals surface area contributed by atoms with Crippen LogP contribution in [-0.4, -0.2) is 11.7 Å². The average Bonchev–Trinajstić information content (AvgIpc) is 3.01. The van der Waals surface area contributed by atoms with Crippen LogP contribution in [0.15, 0.2) is 42.0 Å². The highest BCUT2D eigenvalue weighted by atomic mass is 16.6. The summed E-state index contributed by atoms with van der Waals surface area (Å²) in [6.45, 7) is 8.82. The topological polar surface area (TPSA) is 38.3 Å². The molecule has 0 radical (unpaired) electrons. The van der Waals surface area contributed by atoms with E-state index in [4.69, 9.17) is 4.74 Å². The van der Waals surface area contributed by atoms with Crippen LogP contribution >= 0.6 is 0 Å². The van der Waals surface area contributed by atoms with Gasteiger partial charge in [0.1, 0.15) is 5.60 Å². The molecule has 136 valence electrons. The molecule has 0 heterocycles. The quantitative estimate of drug-likeness (QED) is 0.667. The van der Waals surface area contributed by atoms with Crippen LogP contribution in [0, 0.1) is 17.3 Å². The van der Waals surface area contributed by atoms with E-state index < -0.39 is 5.60 Å². The van der Waals surface area contributed by atoms with Crippen LogP contribution in [0.5, 0.6) is 0 Å². The van der Waals surface area contributed by atoms with Crippen LogP contribution in [0.3, 0.4) is 0 Å². The number of amides is 1. The summed E-state index contributed by atoms with van der Waals surface area (Å²) in [5, 5.41) is 2.84. The second-order valence-electron chi connectivity index (χ2n) is 8.45. The zero-order valence-electron chi connectivity index (χ0n) is 16.0. The Bertz CT molecular complexity index is 649. The zero-order chi connectivity index (χ0) is 18.1. The van der Waals surface area contributed by atoms with Crippen LogP contribution in [0.25, 0.3) is 0 Å². The Morgan fingerprint density at radius 1 is 1.24 bits per heavy atom. The molecule has 0 aromatic heterocycles. The van der Waals surface area contributed by atoms with Crippen molar-refractivity contribution in [1.82, 2.24) is 0 Å². The van der Waals surface area contributed by atoms with Gasteiger partial charge in [0.2, 0.25) is 0 Å². The standard InChI is InChI=1S/C22H31NO2/c1-16-9-8-10-17(2)22(16)14-13-18(15-22)21(3,4)25-20(24)23-19-11-6-5-7-12-19/h5-7,9,11-12,17-18H,8,10,13-15H2,1-4H3,(H,23,24)/t17-,18+,22+/m0/s1. The number of nitrogens with one attached hydrogen (secondary N) is 1. The molecule has 0 saturated heterocycles. The van der Waals surface area contributed by atoms with Gasteiger partial charge < -0.3 is 4.74 Å². The Balaban J connectivity index is 1.66. The number of allylic oxidation sites excluding steroid dienone is 2. The molecule has 3 atom stereocenters. The predicted octanol–water partition coefficient (Wildman–Crippen LogP) is 6.18. The van der Waals surface area contributed by atoms with Crippen molar-refractivity contribution in [2.24, 2.45) is 17.3 Å². The third kappa shape index (κ3) is 3.61. The largest absolute Gasteiger partial charge is 0.443 e. The molecule has 25 heavy (non-hydrogen) atoms. The van der Waals surface area contributed by atoms with Gasteiger partial charge in [-0.3, -0.25) is 5.32 Å². The van der Waals surface area contributed by atoms with E-state index in [-0.39, 0.29) is 6.09 Å². The molecule has 1 spiro atoms. The lowest BCUT2D eigenvalue weighted by Gasteiger charge is -2.41. The number of carbonyl (C=O) groups is 1. The van der Waals surface area contributed by atoms with E-state index in [9.17, 15) is 4.79 Å². The number of hydrogen-bond acceptors (Lipinski definition) is 2. The van der Waals surface area contributed by atoms with Crippen LogP contribution in [-0.2, 0) is 4.74 Å². The van der Waals surface area contributed by atoms with Crippen molar-refractivity contribution >= 4 is 11.8 Å². The van der Waals surface area contributed by atoms with Crippen LogP contribution < -0.4 is 5.32 Å². The highest BCUT2D eigenvalue weighted by molar-refractivity contribution is 5.84. The minimum absolute atomic E-state index is 0.319. The number of rotatable bonds is 3. The minimum atomic E-state index is -0.459. The summed E-state index contributed by atoms with van der Waals surface area (Å²) in [6.07, 6.45) is 8.02. The number of benzene rings is 1. The molecule has 1 N–H and O–H groups in total. The lowest BCUT2D eigenvalue weighted by atomic mass is 9.64.